The fourth-order valence-electron chi connectivity index (χ4n) is 7.32. The van der Waals surface area contributed by atoms with Crippen molar-refractivity contribution in [3.05, 3.63) is 64.3 Å². The van der Waals surface area contributed by atoms with Crippen molar-refractivity contribution in [1.82, 2.24) is 20.5 Å². The van der Waals surface area contributed by atoms with Crippen LogP contribution >= 0.6 is 0 Å². The first-order chi connectivity index (χ1) is 22.3. The summed E-state index contributed by atoms with van der Waals surface area (Å²) in [5.74, 6) is -2.76. The lowest BCUT2D eigenvalue weighted by molar-refractivity contribution is -0.138. The number of furan rings is 1. The summed E-state index contributed by atoms with van der Waals surface area (Å²) in [5.41, 5.74) is 0.454. The number of amides is 4. The van der Waals surface area contributed by atoms with Crippen LogP contribution in [0.1, 0.15) is 75.9 Å². The van der Waals surface area contributed by atoms with E-state index in [-0.39, 0.29) is 60.2 Å². The average Bonchev–Trinajstić information content (AvgIpc) is 3.55. The number of likely N-dealkylation sites (N-methyl/N-ethyl adjacent to an activating group) is 1. The van der Waals surface area contributed by atoms with E-state index in [1.54, 1.807) is 32.0 Å². The molecule has 0 spiro atoms. The van der Waals surface area contributed by atoms with Gasteiger partial charge in [0, 0.05) is 36.2 Å². The molecule has 47 heavy (non-hydrogen) atoms. The number of aromatic nitrogens is 1. The van der Waals surface area contributed by atoms with Gasteiger partial charge in [0.05, 0.1) is 0 Å². The van der Waals surface area contributed by atoms with Gasteiger partial charge in [-0.3, -0.25) is 28.8 Å². The zero-order valence-corrected chi connectivity index (χ0v) is 27.5. The third kappa shape index (κ3) is 6.45. The SMILES string of the molecule is CCNC(=O)C(=O)CC[C@H](NC(=O)c1oc2ccccc2c1C)C(=O)Nc1cccn(CC(=O)NC2CC3CC[C@]2(C)C3(C)C)c1=O. The van der Waals surface area contributed by atoms with Gasteiger partial charge in [0.1, 0.15) is 23.9 Å². The largest absolute Gasteiger partial charge is 0.451 e. The molecule has 2 heterocycles. The molecular weight excluding hydrogens is 602 g/mol. The number of ketones is 1. The summed E-state index contributed by atoms with van der Waals surface area (Å²) >= 11 is 0. The molecule has 0 aliphatic heterocycles. The van der Waals surface area contributed by atoms with Crippen molar-refractivity contribution in [3.63, 3.8) is 0 Å². The van der Waals surface area contributed by atoms with Crippen LogP contribution in [0, 0.1) is 23.7 Å². The highest BCUT2D eigenvalue weighted by Crippen LogP contribution is 2.65. The molecule has 2 fully saturated rings. The van der Waals surface area contributed by atoms with Gasteiger partial charge in [0.25, 0.3) is 17.4 Å². The Morgan fingerprint density at radius 1 is 1.06 bits per heavy atom. The Morgan fingerprint density at radius 2 is 1.81 bits per heavy atom. The summed E-state index contributed by atoms with van der Waals surface area (Å²) in [6.07, 6.45) is 4.02. The second-order valence-electron chi connectivity index (χ2n) is 13.5. The van der Waals surface area contributed by atoms with E-state index in [4.69, 9.17) is 4.42 Å². The normalized spacial score (nSPS) is 21.6. The Kier molecular flexibility index (Phi) is 9.42. The Labute approximate surface area is 273 Å². The van der Waals surface area contributed by atoms with Crippen LogP contribution in [-0.2, 0) is 25.7 Å². The van der Waals surface area contributed by atoms with Crippen LogP contribution in [0.25, 0.3) is 11.0 Å². The molecule has 5 rings (SSSR count). The van der Waals surface area contributed by atoms with E-state index >= 15 is 0 Å². The maximum Gasteiger partial charge on any atom is 0.287 e. The molecule has 250 valence electrons. The van der Waals surface area contributed by atoms with Crippen LogP contribution in [-0.4, -0.2) is 52.6 Å². The van der Waals surface area contributed by atoms with E-state index in [2.05, 4.69) is 42.0 Å². The standard InChI is InChI=1S/C35H43N5O7/c1-6-36-31(44)25(41)14-13-23(37-32(45)29-20(2)22-10-7-8-12-26(22)47-29)30(43)38-24-11-9-17-40(33(24)46)19-28(42)39-27-18-21-15-16-35(27,5)34(21,3)4/h7-12,17,21,23,27H,6,13-16,18-19H2,1-5H3,(H,36,44)(H,37,45)(H,38,43)(H,39,42)/t21?,23-,27?,35-/m0/s1. The second kappa shape index (κ2) is 13.2. The Balaban J connectivity index is 1.30. The number of anilines is 1. The second-order valence-corrected chi connectivity index (χ2v) is 13.5. The minimum atomic E-state index is -1.30. The molecule has 2 bridgehead atoms. The summed E-state index contributed by atoms with van der Waals surface area (Å²) in [5, 5.41) is 11.5. The van der Waals surface area contributed by atoms with Gasteiger partial charge in [-0.25, -0.2) is 0 Å². The molecule has 2 unspecified atom stereocenters. The quantitative estimate of drug-likeness (QED) is 0.219. The van der Waals surface area contributed by atoms with E-state index < -0.39 is 35.1 Å². The predicted molar refractivity (Wildman–Crippen MR) is 176 cm³/mol. The summed E-state index contributed by atoms with van der Waals surface area (Å²) in [4.78, 5) is 77.8. The maximum absolute atomic E-state index is 13.5. The number of fused-ring (bicyclic) bond motifs is 3. The molecule has 2 aliphatic carbocycles. The molecule has 1 aromatic carbocycles. The van der Waals surface area contributed by atoms with Crippen molar-refractivity contribution in [3.8, 4) is 0 Å². The molecule has 12 nitrogen and oxygen atoms in total. The summed E-state index contributed by atoms with van der Waals surface area (Å²) in [7, 11) is 0. The van der Waals surface area contributed by atoms with E-state index in [1.807, 2.05) is 6.07 Å². The van der Waals surface area contributed by atoms with Crippen molar-refractivity contribution < 1.29 is 28.4 Å². The highest BCUT2D eigenvalue weighted by atomic mass is 16.3. The van der Waals surface area contributed by atoms with Crippen LogP contribution in [0.2, 0.25) is 0 Å². The summed E-state index contributed by atoms with van der Waals surface area (Å²) < 4.78 is 6.96. The third-order valence-corrected chi connectivity index (χ3v) is 10.6. The number of nitrogens with one attached hydrogen (secondary N) is 4. The first kappa shape index (κ1) is 33.6. The van der Waals surface area contributed by atoms with Gasteiger partial charge >= 0.3 is 0 Å². The monoisotopic (exact) mass is 645 g/mol. The van der Waals surface area contributed by atoms with Crippen molar-refractivity contribution in [1.29, 1.82) is 0 Å². The summed E-state index contributed by atoms with van der Waals surface area (Å²) in [6, 6.07) is 8.76. The lowest BCUT2D eigenvalue weighted by atomic mass is 9.69. The van der Waals surface area contributed by atoms with Crippen LogP contribution in [0.3, 0.4) is 0 Å². The van der Waals surface area contributed by atoms with Crippen molar-refractivity contribution >= 4 is 46.1 Å². The Bertz CT molecular complexity index is 1790. The van der Waals surface area contributed by atoms with E-state index in [0.717, 1.165) is 24.6 Å². The maximum atomic E-state index is 13.5. The molecule has 3 aromatic rings. The zero-order valence-electron chi connectivity index (χ0n) is 27.5. The molecule has 0 radical (unpaired) electrons. The molecule has 2 saturated carbocycles. The predicted octanol–water partition coefficient (Wildman–Crippen LogP) is 3.46. The van der Waals surface area contributed by atoms with Crippen LogP contribution in [0.15, 0.2) is 51.8 Å². The number of carbonyl (C=O) groups excluding carboxylic acids is 5. The van der Waals surface area contributed by atoms with Gasteiger partial charge in [0.15, 0.2) is 5.76 Å². The zero-order chi connectivity index (χ0) is 34.1. The molecule has 4 N–H and O–H groups in total. The molecule has 2 aromatic heterocycles. The molecule has 4 atom stereocenters. The Morgan fingerprint density at radius 3 is 2.47 bits per heavy atom. The van der Waals surface area contributed by atoms with Gasteiger partial charge in [-0.1, -0.05) is 39.0 Å². The number of hydrogen-bond acceptors (Lipinski definition) is 7. The van der Waals surface area contributed by atoms with E-state index in [0.29, 0.717) is 17.1 Å². The van der Waals surface area contributed by atoms with E-state index in [9.17, 15) is 28.8 Å². The number of benzene rings is 1. The van der Waals surface area contributed by atoms with Gasteiger partial charge in [0.2, 0.25) is 17.6 Å². The van der Waals surface area contributed by atoms with Gasteiger partial charge in [-0.05, 0) is 74.5 Å². The number of nitrogens with zero attached hydrogens (tertiary/aromatic N) is 1. The van der Waals surface area contributed by atoms with Crippen molar-refractivity contribution in [2.45, 2.75) is 85.4 Å². The fraction of sp³-hybridized carbons (Fsp3) is 0.486. The molecular formula is C35H43N5O7. The van der Waals surface area contributed by atoms with Crippen LogP contribution in [0.4, 0.5) is 5.69 Å². The van der Waals surface area contributed by atoms with Crippen molar-refractivity contribution in [2.24, 2.45) is 16.7 Å². The Hall–Kier alpha value is -4.74. The first-order valence-corrected chi connectivity index (χ1v) is 16.2. The number of Topliss-reactive ketones (excluding diaryl/α,β-unsaturated/α-hetero) is 1. The third-order valence-electron chi connectivity index (χ3n) is 10.6. The minimum Gasteiger partial charge on any atom is -0.451 e. The first-order valence-electron chi connectivity index (χ1n) is 16.2. The minimum absolute atomic E-state index is 0.000127. The van der Waals surface area contributed by atoms with Crippen molar-refractivity contribution in [2.75, 3.05) is 11.9 Å². The van der Waals surface area contributed by atoms with Crippen LogP contribution < -0.4 is 26.8 Å². The summed E-state index contributed by atoms with van der Waals surface area (Å²) in [6.45, 7) is 10.2. The topological polar surface area (TPSA) is 169 Å². The smallest absolute Gasteiger partial charge is 0.287 e. The number of rotatable bonds is 12. The molecule has 12 heteroatoms. The molecule has 2 aliphatic rings. The average molecular weight is 646 g/mol. The number of pyridine rings is 1. The highest BCUT2D eigenvalue weighted by molar-refractivity contribution is 6.36. The molecule has 4 amide bonds. The number of para-hydroxylation sites is 1. The number of hydrogen-bond donors (Lipinski definition) is 4. The van der Waals surface area contributed by atoms with Gasteiger partial charge in [-0.15, -0.1) is 0 Å². The van der Waals surface area contributed by atoms with E-state index in [1.165, 1.54) is 22.9 Å². The van der Waals surface area contributed by atoms with Crippen LogP contribution in [0.5, 0.6) is 0 Å². The highest BCUT2D eigenvalue weighted by Gasteiger charge is 2.61. The lowest BCUT2D eigenvalue weighted by Gasteiger charge is -2.39. The molecule has 0 saturated heterocycles. The lowest BCUT2D eigenvalue weighted by Crippen LogP contribution is -2.48. The van der Waals surface area contributed by atoms with Gasteiger partial charge in [-0.2, -0.15) is 0 Å². The fourth-order valence-corrected chi connectivity index (χ4v) is 7.32. The number of carbonyl (C=O) groups is 5. The van der Waals surface area contributed by atoms with Gasteiger partial charge < -0.3 is 30.3 Å². The number of aryl methyl sites for hydroxylation is 1.